The molecule has 3 aromatic heterocycles. The quantitative estimate of drug-likeness (QED) is 0.766. The highest BCUT2D eigenvalue weighted by molar-refractivity contribution is 6.15. The van der Waals surface area contributed by atoms with E-state index in [4.69, 9.17) is 4.42 Å². The Morgan fingerprint density at radius 2 is 2.17 bits per heavy atom. The largest absolute Gasteiger partial charge is 0.442 e. The van der Waals surface area contributed by atoms with Crippen molar-refractivity contribution < 1.29 is 9.21 Å². The van der Waals surface area contributed by atoms with Gasteiger partial charge in [0.15, 0.2) is 0 Å². The molecule has 7 nitrogen and oxygen atoms in total. The van der Waals surface area contributed by atoms with E-state index in [0.717, 1.165) is 12.8 Å². The molecule has 1 aliphatic rings. The normalized spacial score (nSPS) is 15.2. The molecule has 1 saturated carbocycles. The number of carbonyl (C=O) groups excluding carboxylic acids is 1. The standard InChI is InChI=1S/C17H17N5O2/c1-10-12(15(23)21-11-4-3-7-18-8-11)13-14(22-17(2)5-6-17)19-9-20-16(13)24-10/h3-4,7-9H,5-6H2,1-2H3,(H,21,23)(H,19,20,22). The first-order valence-electron chi connectivity index (χ1n) is 7.79. The van der Waals surface area contributed by atoms with Crippen LogP contribution in [0.1, 0.15) is 35.9 Å². The number of nitrogens with zero attached hydrogens (tertiary/aromatic N) is 3. The molecule has 0 atom stereocenters. The molecule has 3 aromatic rings. The molecule has 0 saturated heterocycles. The highest BCUT2D eigenvalue weighted by Crippen LogP contribution is 2.40. The number of amides is 1. The maximum Gasteiger partial charge on any atom is 0.260 e. The first-order chi connectivity index (χ1) is 11.6. The lowest BCUT2D eigenvalue weighted by Gasteiger charge is -2.13. The number of aryl methyl sites for hydroxylation is 1. The van der Waals surface area contributed by atoms with Crippen LogP contribution in [0.15, 0.2) is 35.3 Å². The van der Waals surface area contributed by atoms with Gasteiger partial charge in [-0.25, -0.2) is 9.97 Å². The van der Waals surface area contributed by atoms with Crippen LogP contribution >= 0.6 is 0 Å². The van der Waals surface area contributed by atoms with Crippen molar-refractivity contribution in [3.05, 3.63) is 42.2 Å². The Balaban J connectivity index is 1.76. The fourth-order valence-electron chi connectivity index (χ4n) is 2.64. The molecule has 4 rings (SSSR count). The predicted octanol–water partition coefficient (Wildman–Crippen LogP) is 3.14. The SMILES string of the molecule is Cc1oc2ncnc(NC3(C)CC3)c2c1C(=O)Nc1cccnc1. The van der Waals surface area contributed by atoms with E-state index >= 15 is 0 Å². The molecule has 0 spiro atoms. The number of rotatable bonds is 4. The molecule has 0 bridgehead atoms. The molecule has 0 unspecified atom stereocenters. The molecule has 1 aliphatic carbocycles. The Morgan fingerprint density at radius 3 is 2.88 bits per heavy atom. The van der Waals surface area contributed by atoms with Gasteiger partial charge in [0.05, 0.1) is 22.8 Å². The molecule has 7 heteroatoms. The van der Waals surface area contributed by atoms with E-state index in [2.05, 4.69) is 32.5 Å². The summed E-state index contributed by atoms with van der Waals surface area (Å²) >= 11 is 0. The van der Waals surface area contributed by atoms with Crippen molar-refractivity contribution >= 4 is 28.5 Å². The van der Waals surface area contributed by atoms with Gasteiger partial charge in [-0.3, -0.25) is 9.78 Å². The second-order valence-electron chi connectivity index (χ2n) is 6.32. The van der Waals surface area contributed by atoms with Crippen LogP contribution in [-0.4, -0.2) is 26.4 Å². The number of furan rings is 1. The molecule has 24 heavy (non-hydrogen) atoms. The summed E-state index contributed by atoms with van der Waals surface area (Å²) < 4.78 is 5.67. The van der Waals surface area contributed by atoms with Gasteiger partial charge >= 0.3 is 0 Å². The minimum Gasteiger partial charge on any atom is -0.442 e. The Labute approximate surface area is 138 Å². The summed E-state index contributed by atoms with van der Waals surface area (Å²) in [6.45, 7) is 3.88. The Bertz CT molecular complexity index is 915. The summed E-state index contributed by atoms with van der Waals surface area (Å²) in [6, 6.07) is 3.55. The fraction of sp³-hybridized carbons (Fsp3) is 0.294. The summed E-state index contributed by atoms with van der Waals surface area (Å²) in [4.78, 5) is 25.2. The number of anilines is 2. The molecule has 1 fully saturated rings. The number of fused-ring (bicyclic) bond motifs is 1. The minimum absolute atomic E-state index is 0.0313. The minimum atomic E-state index is -0.266. The van der Waals surface area contributed by atoms with Crippen molar-refractivity contribution in [2.75, 3.05) is 10.6 Å². The first kappa shape index (κ1) is 14.6. The smallest absolute Gasteiger partial charge is 0.260 e. The second-order valence-corrected chi connectivity index (χ2v) is 6.32. The van der Waals surface area contributed by atoms with Crippen molar-refractivity contribution in [3.8, 4) is 0 Å². The lowest BCUT2D eigenvalue weighted by molar-refractivity contribution is 0.102. The van der Waals surface area contributed by atoms with E-state index in [1.54, 1.807) is 31.5 Å². The number of hydrogen-bond donors (Lipinski definition) is 2. The van der Waals surface area contributed by atoms with Crippen LogP contribution in [0.2, 0.25) is 0 Å². The van der Waals surface area contributed by atoms with Gasteiger partial charge in [-0.15, -0.1) is 0 Å². The van der Waals surface area contributed by atoms with Crippen LogP contribution in [0.4, 0.5) is 11.5 Å². The lowest BCUT2D eigenvalue weighted by Crippen LogP contribution is -2.18. The summed E-state index contributed by atoms with van der Waals surface area (Å²) in [6.07, 6.45) is 6.85. The molecular weight excluding hydrogens is 306 g/mol. The Morgan fingerprint density at radius 1 is 1.33 bits per heavy atom. The van der Waals surface area contributed by atoms with Crippen molar-refractivity contribution in [1.82, 2.24) is 15.0 Å². The number of carbonyl (C=O) groups is 1. The Kier molecular flexibility index (Phi) is 3.23. The third-order valence-electron chi connectivity index (χ3n) is 4.23. The molecular formula is C17H17N5O2. The van der Waals surface area contributed by atoms with E-state index < -0.39 is 0 Å². The molecule has 0 radical (unpaired) electrons. The summed E-state index contributed by atoms with van der Waals surface area (Å²) in [7, 11) is 0. The molecule has 1 amide bonds. The van der Waals surface area contributed by atoms with Gasteiger partial charge in [0.2, 0.25) is 5.71 Å². The monoisotopic (exact) mass is 323 g/mol. The van der Waals surface area contributed by atoms with Crippen LogP contribution in [0.25, 0.3) is 11.1 Å². The van der Waals surface area contributed by atoms with Crippen LogP contribution in [0.3, 0.4) is 0 Å². The van der Waals surface area contributed by atoms with Crippen molar-refractivity contribution in [3.63, 3.8) is 0 Å². The van der Waals surface area contributed by atoms with Gasteiger partial charge in [0.25, 0.3) is 5.91 Å². The third-order valence-corrected chi connectivity index (χ3v) is 4.23. The average molecular weight is 323 g/mol. The number of aromatic nitrogens is 3. The van der Waals surface area contributed by atoms with Crippen LogP contribution in [0.5, 0.6) is 0 Å². The molecule has 0 aliphatic heterocycles. The summed E-state index contributed by atoms with van der Waals surface area (Å²) in [5.41, 5.74) is 1.51. The predicted molar refractivity (Wildman–Crippen MR) is 90.0 cm³/mol. The zero-order valence-corrected chi connectivity index (χ0v) is 13.5. The number of hydrogen-bond acceptors (Lipinski definition) is 6. The zero-order chi connectivity index (χ0) is 16.7. The highest BCUT2D eigenvalue weighted by Gasteiger charge is 2.38. The van der Waals surface area contributed by atoms with Gasteiger partial charge in [-0.05, 0) is 38.8 Å². The Hall–Kier alpha value is -2.96. The van der Waals surface area contributed by atoms with Gasteiger partial charge in [0, 0.05) is 11.7 Å². The van der Waals surface area contributed by atoms with Crippen LogP contribution in [0, 0.1) is 6.92 Å². The summed E-state index contributed by atoms with van der Waals surface area (Å²) in [5, 5.41) is 6.86. The van der Waals surface area contributed by atoms with Crippen LogP contribution in [-0.2, 0) is 0 Å². The summed E-state index contributed by atoms with van der Waals surface area (Å²) in [5.74, 6) is 0.877. The first-order valence-corrected chi connectivity index (χ1v) is 7.79. The van der Waals surface area contributed by atoms with Crippen molar-refractivity contribution in [2.24, 2.45) is 0 Å². The number of nitrogens with one attached hydrogen (secondary N) is 2. The molecule has 0 aromatic carbocycles. The average Bonchev–Trinajstić information content (AvgIpc) is 3.17. The van der Waals surface area contributed by atoms with E-state index in [1.807, 2.05) is 0 Å². The van der Waals surface area contributed by atoms with Crippen LogP contribution < -0.4 is 10.6 Å². The van der Waals surface area contributed by atoms with E-state index in [9.17, 15) is 4.79 Å². The van der Waals surface area contributed by atoms with E-state index in [0.29, 0.717) is 33.9 Å². The molecule has 122 valence electrons. The van der Waals surface area contributed by atoms with Gasteiger partial charge < -0.3 is 15.1 Å². The third kappa shape index (κ3) is 2.58. The lowest BCUT2D eigenvalue weighted by atomic mass is 10.1. The van der Waals surface area contributed by atoms with Gasteiger partial charge in [-0.2, -0.15) is 0 Å². The van der Waals surface area contributed by atoms with E-state index in [1.165, 1.54) is 6.33 Å². The van der Waals surface area contributed by atoms with Crippen molar-refractivity contribution in [2.45, 2.75) is 32.2 Å². The molecule has 3 heterocycles. The maximum absolute atomic E-state index is 12.8. The fourth-order valence-corrected chi connectivity index (χ4v) is 2.64. The number of pyridine rings is 1. The topological polar surface area (TPSA) is 92.9 Å². The molecule has 2 N–H and O–H groups in total. The second kappa shape index (κ2) is 5.30. The highest BCUT2D eigenvalue weighted by atomic mass is 16.3. The zero-order valence-electron chi connectivity index (χ0n) is 13.5. The van der Waals surface area contributed by atoms with Crippen molar-refractivity contribution in [1.29, 1.82) is 0 Å². The van der Waals surface area contributed by atoms with Gasteiger partial charge in [-0.1, -0.05) is 0 Å². The maximum atomic E-state index is 12.8. The van der Waals surface area contributed by atoms with Gasteiger partial charge in [0.1, 0.15) is 17.9 Å². The van der Waals surface area contributed by atoms with E-state index in [-0.39, 0.29) is 11.4 Å².